The van der Waals surface area contributed by atoms with E-state index in [4.69, 9.17) is 5.73 Å². The molecule has 0 spiro atoms. The molecule has 7 nitrogen and oxygen atoms in total. The maximum absolute atomic E-state index is 11.7. The molecular weight excluding hydrogens is 278 g/mol. The predicted molar refractivity (Wildman–Crippen MR) is 74.6 cm³/mol. The minimum Gasteiger partial charge on any atom is -0.398 e. The molecule has 2 heterocycles. The Morgan fingerprint density at radius 2 is 2.10 bits per heavy atom. The number of benzene rings is 1. The Bertz CT molecular complexity index is 755. The van der Waals surface area contributed by atoms with Crippen LogP contribution in [-0.4, -0.2) is 40.1 Å². The van der Waals surface area contributed by atoms with Gasteiger partial charge in [-0.15, -0.1) is 5.10 Å². The minimum absolute atomic E-state index is 0.0464. The van der Waals surface area contributed by atoms with Crippen LogP contribution in [-0.2, 0) is 15.4 Å². The Hall–Kier alpha value is -1.96. The molecule has 3 rings (SSSR count). The van der Waals surface area contributed by atoms with E-state index in [1.54, 1.807) is 10.7 Å². The van der Waals surface area contributed by atoms with Gasteiger partial charge >= 0.3 is 0 Å². The molecule has 1 atom stereocenters. The van der Waals surface area contributed by atoms with Crippen molar-refractivity contribution in [3.8, 4) is 11.4 Å². The Kier molecular flexibility index (Phi) is 2.79. The van der Waals surface area contributed by atoms with Gasteiger partial charge < -0.3 is 5.73 Å². The van der Waals surface area contributed by atoms with Crippen LogP contribution in [0.2, 0.25) is 0 Å². The van der Waals surface area contributed by atoms with Gasteiger partial charge in [-0.3, -0.25) is 0 Å². The van der Waals surface area contributed by atoms with Gasteiger partial charge in [-0.1, -0.05) is 12.1 Å². The van der Waals surface area contributed by atoms with Crippen molar-refractivity contribution >= 4 is 15.5 Å². The number of rotatable bonds is 2. The zero-order valence-corrected chi connectivity index (χ0v) is 11.8. The molecular formula is C12H15N5O2S. The summed E-state index contributed by atoms with van der Waals surface area (Å²) in [5, 5.41) is 11.7. The lowest BCUT2D eigenvalue weighted by Gasteiger charge is -2.23. The van der Waals surface area contributed by atoms with E-state index >= 15 is 0 Å². The summed E-state index contributed by atoms with van der Waals surface area (Å²) in [6.45, 7) is 1.86. The van der Waals surface area contributed by atoms with Crippen LogP contribution in [0.5, 0.6) is 0 Å². The lowest BCUT2D eigenvalue weighted by molar-refractivity contribution is 0.325. The van der Waals surface area contributed by atoms with Crippen LogP contribution in [0, 0.1) is 0 Å². The summed E-state index contributed by atoms with van der Waals surface area (Å²) < 4.78 is 25.1. The highest BCUT2D eigenvalue weighted by Crippen LogP contribution is 2.34. The van der Waals surface area contributed by atoms with Crippen molar-refractivity contribution < 1.29 is 8.42 Å². The number of tetrazole rings is 1. The number of nitrogen functional groups attached to an aromatic ring is 1. The van der Waals surface area contributed by atoms with Gasteiger partial charge in [0.15, 0.2) is 15.7 Å². The monoisotopic (exact) mass is 293 g/mol. The first-order valence-corrected chi connectivity index (χ1v) is 8.08. The summed E-state index contributed by atoms with van der Waals surface area (Å²) in [5.74, 6) is 0.709. The third kappa shape index (κ3) is 2.05. The smallest absolute Gasteiger partial charge is 0.184 e. The molecule has 106 valence electrons. The number of hydrogen-bond acceptors (Lipinski definition) is 6. The van der Waals surface area contributed by atoms with Crippen LogP contribution >= 0.6 is 0 Å². The maximum atomic E-state index is 11.7. The molecule has 1 aromatic heterocycles. The third-order valence-electron chi connectivity index (χ3n) is 3.67. The van der Waals surface area contributed by atoms with E-state index in [9.17, 15) is 8.42 Å². The maximum Gasteiger partial charge on any atom is 0.184 e. The van der Waals surface area contributed by atoms with E-state index in [-0.39, 0.29) is 11.5 Å². The largest absolute Gasteiger partial charge is 0.398 e. The molecule has 1 unspecified atom stereocenters. The SMILES string of the molecule is CC1(n2nnnc2-c2ccccc2N)CCS(=O)(=O)C1. The number of sulfone groups is 1. The van der Waals surface area contributed by atoms with Crippen molar-refractivity contribution in [2.24, 2.45) is 0 Å². The zero-order chi connectivity index (χ0) is 14.4. The highest BCUT2D eigenvalue weighted by atomic mass is 32.2. The predicted octanol–water partition coefficient (Wildman–Crippen LogP) is 0.456. The van der Waals surface area contributed by atoms with Gasteiger partial charge in [0.25, 0.3) is 0 Å². The van der Waals surface area contributed by atoms with Crippen molar-refractivity contribution in [3.63, 3.8) is 0 Å². The minimum atomic E-state index is -3.04. The molecule has 0 radical (unpaired) electrons. The molecule has 1 aliphatic rings. The molecule has 2 aromatic rings. The van der Waals surface area contributed by atoms with Crippen LogP contribution in [0.1, 0.15) is 13.3 Å². The number of para-hydroxylation sites is 1. The highest BCUT2D eigenvalue weighted by Gasteiger charge is 2.42. The summed E-state index contributed by atoms with van der Waals surface area (Å²) in [4.78, 5) is 0. The molecule has 0 amide bonds. The van der Waals surface area contributed by atoms with Crippen molar-refractivity contribution in [3.05, 3.63) is 24.3 Å². The van der Waals surface area contributed by atoms with E-state index < -0.39 is 15.4 Å². The van der Waals surface area contributed by atoms with Gasteiger partial charge in [-0.05, 0) is 35.9 Å². The van der Waals surface area contributed by atoms with Gasteiger partial charge in [0.05, 0.1) is 17.0 Å². The number of nitrogens with two attached hydrogens (primary N) is 1. The molecule has 0 bridgehead atoms. The molecule has 8 heteroatoms. The van der Waals surface area contributed by atoms with E-state index in [1.165, 1.54) is 0 Å². The fourth-order valence-corrected chi connectivity index (χ4v) is 4.69. The number of nitrogens with zero attached hydrogens (tertiary/aromatic N) is 4. The Labute approximate surface area is 116 Å². The van der Waals surface area contributed by atoms with Crippen LogP contribution < -0.4 is 5.73 Å². The lowest BCUT2D eigenvalue weighted by Crippen LogP contribution is -2.33. The fraction of sp³-hybridized carbons (Fsp3) is 0.417. The molecule has 0 saturated carbocycles. The topological polar surface area (TPSA) is 104 Å². The number of hydrogen-bond donors (Lipinski definition) is 1. The van der Waals surface area contributed by atoms with Crippen LogP contribution in [0.25, 0.3) is 11.4 Å². The van der Waals surface area contributed by atoms with Crippen molar-refractivity contribution in [2.45, 2.75) is 18.9 Å². The second-order valence-electron chi connectivity index (χ2n) is 5.34. The van der Waals surface area contributed by atoms with Gasteiger partial charge in [-0.2, -0.15) is 0 Å². The number of aromatic nitrogens is 4. The second kappa shape index (κ2) is 4.27. The summed E-state index contributed by atoms with van der Waals surface area (Å²) in [5.41, 5.74) is 6.60. The normalized spacial score (nSPS) is 24.9. The van der Waals surface area contributed by atoms with Crippen molar-refractivity contribution in [1.82, 2.24) is 20.2 Å². The van der Waals surface area contributed by atoms with Crippen molar-refractivity contribution in [1.29, 1.82) is 0 Å². The van der Waals surface area contributed by atoms with Gasteiger partial charge in [0.1, 0.15) is 0 Å². The van der Waals surface area contributed by atoms with Crippen molar-refractivity contribution in [2.75, 3.05) is 17.2 Å². The first-order chi connectivity index (χ1) is 9.41. The molecule has 1 saturated heterocycles. The Morgan fingerprint density at radius 3 is 2.75 bits per heavy atom. The molecule has 1 aliphatic heterocycles. The van der Waals surface area contributed by atoms with E-state index in [1.807, 2.05) is 25.1 Å². The van der Waals surface area contributed by atoms with Crippen LogP contribution in [0.3, 0.4) is 0 Å². The summed E-state index contributed by atoms with van der Waals surface area (Å²) in [6.07, 6.45) is 0.500. The average molecular weight is 293 g/mol. The molecule has 20 heavy (non-hydrogen) atoms. The Morgan fingerprint density at radius 1 is 1.35 bits per heavy atom. The molecule has 2 N–H and O–H groups in total. The summed E-state index contributed by atoms with van der Waals surface area (Å²) in [6, 6.07) is 7.26. The highest BCUT2D eigenvalue weighted by molar-refractivity contribution is 7.91. The first-order valence-electron chi connectivity index (χ1n) is 6.25. The van der Waals surface area contributed by atoms with Crippen LogP contribution in [0.4, 0.5) is 5.69 Å². The standard InChI is InChI=1S/C12H15N5O2S/c1-12(6-7-20(18,19)8-12)17-11(14-15-16-17)9-4-2-3-5-10(9)13/h2-5H,6-8,13H2,1H3. The van der Waals surface area contributed by atoms with Crippen LogP contribution in [0.15, 0.2) is 24.3 Å². The van der Waals surface area contributed by atoms with E-state index in [0.29, 0.717) is 23.5 Å². The zero-order valence-electron chi connectivity index (χ0n) is 11.0. The third-order valence-corrected chi connectivity index (χ3v) is 5.55. The quantitative estimate of drug-likeness (QED) is 0.806. The molecule has 0 aliphatic carbocycles. The average Bonchev–Trinajstić information content (AvgIpc) is 2.96. The second-order valence-corrected chi connectivity index (χ2v) is 7.52. The van der Waals surface area contributed by atoms with Gasteiger partial charge in [0.2, 0.25) is 0 Å². The Balaban J connectivity index is 2.10. The first kappa shape index (κ1) is 13.0. The van der Waals surface area contributed by atoms with E-state index in [2.05, 4.69) is 15.5 Å². The molecule has 1 fully saturated rings. The number of anilines is 1. The fourth-order valence-electron chi connectivity index (χ4n) is 2.58. The summed E-state index contributed by atoms with van der Waals surface area (Å²) in [7, 11) is -3.04. The summed E-state index contributed by atoms with van der Waals surface area (Å²) >= 11 is 0. The van der Waals surface area contributed by atoms with Gasteiger partial charge in [-0.25, -0.2) is 13.1 Å². The lowest BCUT2D eigenvalue weighted by atomic mass is 10.0. The van der Waals surface area contributed by atoms with E-state index in [0.717, 1.165) is 0 Å². The van der Waals surface area contributed by atoms with Gasteiger partial charge in [0, 0.05) is 11.3 Å². The molecule has 1 aromatic carbocycles.